The summed E-state index contributed by atoms with van der Waals surface area (Å²) >= 11 is 0. The summed E-state index contributed by atoms with van der Waals surface area (Å²) in [5.41, 5.74) is 7.84. The van der Waals surface area contributed by atoms with E-state index in [0.717, 1.165) is 0 Å². The second-order valence-corrected chi connectivity index (χ2v) is 4.50. The third-order valence-corrected chi connectivity index (χ3v) is 2.89. The van der Waals surface area contributed by atoms with E-state index in [4.69, 9.17) is 10.5 Å². The maximum Gasteiger partial charge on any atom is 0.329 e. The van der Waals surface area contributed by atoms with E-state index in [1.807, 2.05) is 0 Å². The molecule has 1 aromatic carbocycles. The van der Waals surface area contributed by atoms with Crippen LogP contribution in [0.3, 0.4) is 0 Å². The number of hydrogen-bond donors (Lipinski definition) is 2. The number of hydrazone groups is 1. The monoisotopic (exact) mass is 320 g/mol. The van der Waals surface area contributed by atoms with E-state index in [2.05, 4.69) is 10.5 Å². The van der Waals surface area contributed by atoms with Gasteiger partial charge < -0.3 is 15.4 Å². The predicted molar refractivity (Wildman–Crippen MR) is 84.8 cm³/mol. The zero-order valence-electron chi connectivity index (χ0n) is 13.1. The summed E-state index contributed by atoms with van der Waals surface area (Å²) in [5.74, 6) is -1.48. The molecule has 0 radical (unpaired) electrons. The Balaban J connectivity index is 2.53. The molecule has 0 heterocycles. The molecule has 0 saturated carbocycles. The molecule has 23 heavy (non-hydrogen) atoms. The summed E-state index contributed by atoms with van der Waals surface area (Å²) in [7, 11) is 0. The van der Waals surface area contributed by atoms with Crippen LogP contribution in [0.15, 0.2) is 29.4 Å². The summed E-state index contributed by atoms with van der Waals surface area (Å²) in [6, 6.07) is 6.62. The minimum atomic E-state index is -0.786. The number of nitrogens with two attached hydrogens (primary N) is 1. The van der Waals surface area contributed by atoms with E-state index < -0.39 is 17.7 Å². The molecule has 0 aliphatic carbocycles. The normalized spacial score (nSPS) is 10.3. The molecular weight excluding hydrogens is 300 g/mol. The second kappa shape index (κ2) is 9.19. The zero-order chi connectivity index (χ0) is 17.2. The molecule has 1 rings (SSSR count). The van der Waals surface area contributed by atoms with Crippen LogP contribution in [-0.4, -0.2) is 48.5 Å². The second-order valence-electron chi connectivity index (χ2n) is 4.50. The van der Waals surface area contributed by atoms with Crippen molar-refractivity contribution >= 4 is 23.9 Å². The third-order valence-electron chi connectivity index (χ3n) is 2.89. The summed E-state index contributed by atoms with van der Waals surface area (Å²) in [5, 5.41) is 3.73. The Hall–Kier alpha value is -2.90. The molecule has 0 aliphatic heterocycles. The van der Waals surface area contributed by atoms with Crippen molar-refractivity contribution < 1.29 is 19.1 Å². The van der Waals surface area contributed by atoms with Crippen molar-refractivity contribution in [3.8, 4) is 5.75 Å². The van der Waals surface area contributed by atoms with Crippen molar-refractivity contribution in [3.63, 3.8) is 0 Å². The molecule has 124 valence electrons. The van der Waals surface area contributed by atoms with Gasteiger partial charge >= 0.3 is 11.8 Å². The largest absolute Gasteiger partial charge is 0.484 e. The maximum atomic E-state index is 11.7. The van der Waals surface area contributed by atoms with E-state index >= 15 is 0 Å². The maximum absolute atomic E-state index is 11.7. The first-order valence-electron chi connectivity index (χ1n) is 7.11. The number of ether oxygens (including phenoxy) is 1. The summed E-state index contributed by atoms with van der Waals surface area (Å²) in [6.07, 6.45) is 1.39. The minimum absolute atomic E-state index is 0.197. The van der Waals surface area contributed by atoms with Crippen molar-refractivity contribution in [2.24, 2.45) is 10.8 Å². The molecule has 0 unspecified atom stereocenters. The van der Waals surface area contributed by atoms with Crippen molar-refractivity contribution in [3.05, 3.63) is 29.8 Å². The quantitative estimate of drug-likeness (QED) is 0.414. The number of primary amides is 1. The Morgan fingerprint density at radius 1 is 1.22 bits per heavy atom. The van der Waals surface area contributed by atoms with E-state index in [0.29, 0.717) is 24.4 Å². The molecular formula is C15H20N4O4. The van der Waals surface area contributed by atoms with Crippen LogP contribution < -0.4 is 15.9 Å². The Bertz CT molecular complexity index is 580. The fourth-order valence-electron chi connectivity index (χ4n) is 1.67. The van der Waals surface area contributed by atoms with Crippen LogP contribution in [0.5, 0.6) is 5.75 Å². The van der Waals surface area contributed by atoms with Crippen LogP contribution in [0.1, 0.15) is 19.4 Å². The smallest absolute Gasteiger partial charge is 0.329 e. The van der Waals surface area contributed by atoms with Gasteiger partial charge in [0.2, 0.25) is 0 Å². The molecule has 0 spiro atoms. The molecule has 0 aliphatic rings. The molecule has 3 amide bonds. The molecule has 0 bridgehead atoms. The first-order chi connectivity index (χ1) is 11.0. The molecule has 0 fully saturated rings. The van der Waals surface area contributed by atoms with Crippen molar-refractivity contribution in [1.82, 2.24) is 10.3 Å². The molecule has 0 saturated heterocycles. The molecule has 8 heteroatoms. The van der Waals surface area contributed by atoms with Crippen LogP contribution in [0.4, 0.5) is 0 Å². The number of hydrogen-bond acceptors (Lipinski definition) is 5. The van der Waals surface area contributed by atoms with Gasteiger partial charge in [0.15, 0.2) is 6.61 Å². The first-order valence-corrected chi connectivity index (χ1v) is 7.11. The van der Waals surface area contributed by atoms with E-state index in [-0.39, 0.29) is 6.61 Å². The number of nitrogens with one attached hydrogen (secondary N) is 1. The lowest BCUT2D eigenvalue weighted by Gasteiger charge is -2.16. The number of nitrogens with zero attached hydrogens (tertiary/aromatic N) is 2. The zero-order valence-corrected chi connectivity index (χ0v) is 13.1. The standard InChI is InChI=1S/C15H20N4O4/c1-3-19(4-2)15(22)14(21)18-17-9-11-5-7-12(8-6-11)23-10-13(16)20/h5-9H,3-4,10H2,1-2H3,(H2,16,20)(H,18,21)/b17-9-. The summed E-state index contributed by atoms with van der Waals surface area (Å²) in [4.78, 5) is 35.3. The first kappa shape index (κ1) is 18.1. The Morgan fingerprint density at radius 3 is 2.35 bits per heavy atom. The number of likely N-dealkylation sites (N-methyl/N-ethyl adjacent to an activating group) is 1. The van der Waals surface area contributed by atoms with Crippen molar-refractivity contribution in [1.29, 1.82) is 0 Å². The lowest BCUT2D eigenvalue weighted by atomic mass is 10.2. The highest BCUT2D eigenvalue weighted by Crippen LogP contribution is 2.10. The summed E-state index contributed by atoms with van der Waals surface area (Å²) < 4.78 is 5.11. The van der Waals surface area contributed by atoms with Gasteiger partial charge in [-0.15, -0.1) is 0 Å². The highest BCUT2D eigenvalue weighted by atomic mass is 16.5. The molecule has 1 aromatic rings. The van der Waals surface area contributed by atoms with Crippen molar-refractivity contribution in [2.45, 2.75) is 13.8 Å². The van der Waals surface area contributed by atoms with E-state index in [1.165, 1.54) is 11.1 Å². The van der Waals surface area contributed by atoms with Crippen LogP contribution in [0.25, 0.3) is 0 Å². The Kier molecular flexibility index (Phi) is 7.25. The van der Waals surface area contributed by atoms with Crippen molar-refractivity contribution in [2.75, 3.05) is 19.7 Å². The van der Waals surface area contributed by atoms with Gasteiger partial charge in [0, 0.05) is 13.1 Å². The number of carbonyl (C=O) groups excluding carboxylic acids is 3. The van der Waals surface area contributed by atoms with E-state index in [9.17, 15) is 14.4 Å². The fraction of sp³-hybridized carbons (Fsp3) is 0.333. The highest BCUT2D eigenvalue weighted by Gasteiger charge is 2.18. The molecule has 8 nitrogen and oxygen atoms in total. The van der Waals surface area contributed by atoms with Gasteiger partial charge in [0.05, 0.1) is 6.21 Å². The molecule has 0 atom stereocenters. The van der Waals surface area contributed by atoms with Crippen LogP contribution in [-0.2, 0) is 14.4 Å². The van der Waals surface area contributed by atoms with Gasteiger partial charge in [-0.3, -0.25) is 14.4 Å². The third kappa shape index (κ3) is 6.16. The number of benzene rings is 1. The SMILES string of the molecule is CCN(CC)C(=O)C(=O)N/N=C\c1ccc(OCC(N)=O)cc1. The van der Waals surface area contributed by atoms with Gasteiger partial charge in [0.25, 0.3) is 5.91 Å². The lowest BCUT2D eigenvalue weighted by Crippen LogP contribution is -2.41. The lowest BCUT2D eigenvalue weighted by molar-refractivity contribution is -0.145. The predicted octanol–water partition coefficient (Wildman–Crippen LogP) is -0.131. The topological polar surface area (TPSA) is 114 Å². The van der Waals surface area contributed by atoms with Crippen LogP contribution in [0.2, 0.25) is 0 Å². The van der Waals surface area contributed by atoms with Gasteiger partial charge in [-0.1, -0.05) is 0 Å². The minimum Gasteiger partial charge on any atom is -0.484 e. The number of carbonyl (C=O) groups is 3. The highest BCUT2D eigenvalue weighted by molar-refractivity contribution is 6.34. The van der Waals surface area contributed by atoms with Crippen LogP contribution >= 0.6 is 0 Å². The number of rotatable bonds is 7. The van der Waals surface area contributed by atoms with Gasteiger partial charge in [0.1, 0.15) is 5.75 Å². The van der Waals surface area contributed by atoms with Gasteiger partial charge in [-0.2, -0.15) is 5.10 Å². The average Bonchev–Trinajstić information content (AvgIpc) is 2.55. The Labute approximate surface area is 134 Å². The van der Waals surface area contributed by atoms with Crippen LogP contribution in [0, 0.1) is 0 Å². The van der Waals surface area contributed by atoms with Gasteiger partial charge in [-0.25, -0.2) is 5.43 Å². The van der Waals surface area contributed by atoms with E-state index in [1.54, 1.807) is 38.1 Å². The number of amides is 3. The average molecular weight is 320 g/mol. The molecule has 3 N–H and O–H groups in total. The summed E-state index contributed by atoms with van der Waals surface area (Å²) in [6.45, 7) is 4.30. The molecule has 0 aromatic heterocycles. The fourth-order valence-corrected chi connectivity index (χ4v) is 1.67. The Morgan fingerprint density at radius 2 is 1.83 bits per heavy atom. The van der Waals surface area contributed by atoms with Gasteiger partial charge in [-0.05, 0) is 43.7 Å².